The molecule has 3 rings (SSSR count). The first kappa shape index (κ1) is 16.6. The summed E-state index contributed by atoms with van der Waals surface area (Å²) < 4.78 is 1.34. The van der Waals surface area contributed by atoms with Crippen molar-refractivity contribution in [3.05, 3.63) is 40.4 Å². The molecule has 9 heteroatoms. The van der Waals surface area contributed by atoms with Crippen molar-refractivity contribution >= 4 is 34.8 Å². The summed E-state index contributed by atoms with van der Waals surface area (Å²) in [6.07, 6.45) is 2.19. The second-order valence-electron chi connectivity index (χ2n) is 5.47. The molecule has 0 spiro atoms. The van der Waals surface area contributed by atoms with Crippen molar-refractivity contribution in [2.75, 3.05) is 18.0 Å². The van der Waals surface area contributed by atoms with Crippen LogP contribution in [0.3, 0.4) is 0 Å². The Bertz CT molecular complexity index is 800. The van der Waals surface area contributed by atoms with Crippen LogP contribution in [0.4, 0.5) is 5.69 Å². The van der Waals surface area contributed by atoms with Crippen LogP contribution in [-0.4, -0.2) is 39.8 Å². The molecule has 0 bridgehead atoms. The molecular weight excluding hydrogens is 351 g/mol. The number of aromatic nitrogens is 3. The Morgan fingerprint density at radius 3 is 3.00 bits per heavy atom. The molecule has 124 valence electrons. The lowest BCUT2D eigenvalue weighted by Gasteiger charge is -2.20. The van der Waals surface area contributed by atoms with E-state index in [1.165, 1.54) is 11.0 Å². The number of amides is 1. The summed E-state index contributed by atoms with van der Waals surface area (Å²) in [7, 11) is 0. The molecule has 1 N–H and O–H groups in total. The third-order valence-electron chi connectivity index (χ3n) is 3.75. The smallest absolute Gasteiger partial charge is 0.252 e. The van der Waals surface area contributed by atoms with Gasteiger partial charge in [0.1, 0.15) is 18.9 Å². The summed E-state index contributed by atoms with van der Waals surface area (Å²) in [5, 5.41) is 16.7. The van der Waals surface area contributed by atoms with Crippen LogP contribution in [0.5, 0.6) is 0 Å². The van der Waals surface area contributed by atoms with Crippen molar-refractivity contribution in [2.45, 2.75) is 19.0 Å². The van der Waals surface area contributed by atoms with Gasteiger partial charge in [0.2, 0.25) is 5.91 Å². The summed E-state index contributed by atoms with van der Waals surface area (Å²) in [5.41, 5.74) is 0.910. The Balaban J connectivity index is 1.56. The fourth-order valence-electron chi connectivity index (χ4n) is 2.68. The van der Waals surface area contributed by atoms with Gasteiger partial charge in [-0.25, -0.2) is 9.67 Å². The van der Waals surface area contributed by atoms with Gasteiger partial charge in [0, 0.05) is 24.2 Å². The van der Waals surface area contributed by atoms with E-state index in [4.69, 9.17) is 28.5 Å². The van der Waals surface area contributed by atoms with E-state index in [1.54, 1.807) is 12.1 Å². The SMILES string of the molecule is N#Cc1ncn(CC(=O)N[C@@H]2CCN(c3ccc(Cl)cc3Cl)C2)n1. The lowest BCUT2D eigenvalue weighted by Crippen LogP contribution is -2.39. The molecule has 2 heterocycles. The molecular formula is C15H14Cl2N6O. The minimum absolute atomic E-state index is 0.0307. The van der Waals surface area contributed by atoms with Gasteiger partial charge in [0.05, 0.1) is 10.7 Å². The van der Waals surface area contributed by atoms with E-state index < -0.39 is 0 Å². The number of nitrogens with zero attached hydrogens (tertiary/aromatic N) is 5. The highest BCUT2D eigenvalue weighted by molar-refractivity contribution is 6.36. The molecule has 2 aromatic rings. The van der Waals surface area contributed by atoms with Gasteiger partial charge in [0.25, 0.3) is 5.82 Å². The number of nitrogens with one attached hydrogen (secondary N) is 1. The largest absolute Gasteiger partial charge is 0.368 e. The third-order valence-corrected chi connectivity index (χ3v) is 4.28. The fourth-order valence-corrected chi connectivity index (χ4v) is 3.21. The summed E-state index contributed by atoms with van der Waals surface area (Å²) in [5.74, 6) is -0.120. The number of halogens is 2. The van der Waals surface area contributed by atoms with Gasteiger partial charge >= 0.3 is 0 Å². The van der Waals surface area contributed by atoms with Crippen molar-refractivity contribution in [3.63, 3.8) is 0 Å². The van der Waals surface area contributed by atoms with Crippen molar-refractivity contribution in [1.82, 2.24) is 20.1 Å². The standard InChI is InChI=1S/C15H14Cl2N6O/c16-10-1-2-13(12(17)5-10)22-4-3-11(7-22)20-15(24)8-23-9-19-14(6-18)21-23/h1-2,5,9,11H,3-4,7-8H2,(H,20,24)/t11-/m1/s1. The summed E-state index contributed by atoms with van der Waals surface area (Å²) in [4.78, 5) is 18.0. The first-order chi connectivity index (χ1) is 11.5. The maximum Gasteiger partial charge on any atom is 0.252 e. The Morgan fingerprint density at radius 1 is 1.46 bits per heavy atom. The summed E-state index contributed by atoms with van der Waals surface area (Å²) in [6.45, 7) is 1.51. The van der Waals surface area contributed by atoms with E-state index in [-0.39, 0.29) is 24.3 Å². The molecule has 1 amide bonds. The second kappa shape index (κ2) is 7.07. The maximum absolute atomic E-state index is 12.1. The maximum atomic E-state index is 12.1. The van der Waals surface area contributed by atoms with E-state index in [9.17, 15) is 4.79 Å². The van der Waals surface area contributed by atoms with Gasteiger partial charge in [-0.2, -0.15) is 5.26 Å². The molecule has 0 saturated carbocycles. The average Bonchev–Trinajstić information content (AvgIpc) is 3.16. The fraction of sp³-hybridized carbons (Fsp3) is 0.333. The van der Waals surface area contributed by atoms with Crippen molar-refractivity contribution in [2.24, 2.45) is 0 Å². The molecule has 1 aliphatic heterocycles. The van der Waals surface area contributed by atoms with Gasteiger partial charge in [-0.1, -0.05) is 23.2 Å². The van der Waals surface area contributed by atoms with Crippen LogP contribution in [0.1, 0.15) is 12.2 Å². The molecule has 1 atom stereocenters. The number of hydrogen-bond acceptors (Lipinski definition) is 5. The number of anilines is 1. The van der Waals surface area contributed by atoms with Gasteiger partial charge in [-0.15, -0.1) is 5.10 Å². The zero-order valence-corrected chi connectivity index (χ0v) is 14.1. The summed E-state index contributed by atoms with van der Waals surface area (Å²) in [6, 6.07) is 7.24. The Morgan fingerprint density at radius 2 is 2.29 bits per heavy atom. The molecule has 1 aliphatic rings. The van der Waals surface area contributed by atoms with Crippen LogP contribution < -0.4 is 10.2 Å². The van der Waals surface area contributed by atoms with Crippen molar-refractivity contribution < 1.29 is 4.79 Å². The average molecular weight is 365 g/mol. The molecule has 0 radical (unpaired) electrons. The highest BCUT2D eigenvalue weighted by Gasteiger charge is 2.25. The van der Waals surface area contributed by atoms with Gasteiger partial charge < -0.3 is 10.2 Å². The van der Waals surface area contributed by atoms with Crippen LogP contribution in [-0.2, 0) is 11.3 Å². The lowest BCUT2D eigenvalue weighted by molar-refractivity contribution is -0.122. The van der Waals surface area contributed by atoms with E-state index in [1.807, 2.05) is 12.1 Å². The molecule has 24 heavy (non-hydrogen) atoms. The summed E-state index contributed by atoms with van der Waals surface area (Å²) >= 11 is 12.1. The molecule has 7 nitrogen and oxygen atoms in total. The highest BCUT2D eigenvalue weighted by atomic mass is 35.5. The molecule has 1 saturated heterocycles. The zero-order chi connectivity index (χ0) is 17.1. The topological polar surface area (TPSA) is 86.8 Å². The quantitative estimate of drug-likeness (QED) is 0.894. The van der Waals surface area contributed by atoms with E-state index in [0.717, 1.165) is 18.7 Å². The van der Waals surface area contributed by atoms with E-state index >= 15 is 0 Å². The van der Waals surface area contributed by atoms with Crippen molar-refractivity contribution in [1.29, 1.82) is 5.26 Å². The minimum atomic E-state index is -0.168. The van der Waals surface area contributed by atoms with Crippen LogP contribution in [0.2, 0.25) is 10.0 Å². The zero-order valence-electron chi connectivity index (χ0n) is 12.6. The number of benzene rings is 1. The van der Waals surface area contributed by atoms with Crippen molar-refractivity contribution in [3.8, 4) is 6.07 Å². The number of hydrogen-bond donors (Lipinski definition) is 1. The van der Waals surface area contributed by atoms with Gasteiger partial charge in [0.15, 0.2) is 0 Å². The third kappa shape index (κ3) is 3.78. The van der Waals surface area contributed by atoms with Crippen LogP contribution in [0.15, 0.2) is 24.5 Å². The lowest BCUT2D eigenvalue weighted by atomic mass is 10.2. The Labute approximate surface area is 148 Å². The highest BCUT2D eigenvalue weighted by Crippen LogP contribution is 2.31. The molecule has 1 fully saturated rings. The Kier molecular flexibility index (Phi) is 4.88. The normalized spacial score (nSPS) is 16.9. The second-order valence-corrected chi connectivity index (χ2v) is 6.32. The number of carbonyl (C=O) groups excluding carboxylic acids is 1. The minimum Gasteiger partial charge on any atom is -0.368 e. The molecule has 1 aromatic heterocycles. The monoisotopic (exact) mass is 364 g/mol. The van der Waals surface area contributed by atoms with E-state index in [2.05, 4.69) is 20.3 Å². The molecule has 0 aliphatic carbocycles. The number of nitriles is 1. The van der Waals surface area contributed by atoms with Gasteiger partial charge in [-0.05, 0) is 24.6 Å². The van der Waals surface area contributed by atoms with Crippen LogP contribution >= 0.6 is 23.2 Å². The van der Waals surface area contributed by atoms with Crippen LogP contribution in [0.25, 0.3) is 0 Å². The molecule has 0 unspecified atom stereocenters. The van der Waals surface area contributed by atoms with E-state index in [0.29, 0.717) is 16.6 Å². The number of carbonyl (C=O) groups is 1. The van der Waals surface area contributed by atoms with Crippen LogP contribution in [0, 0.1) is 11.3 Å². The first-order valence-corrected chi connectivity index (χ1v) is 8.09. The first-order valence-electron chi connectivity index (χ1n) is 7.34. The Hall–Kier alpha value is -2.30. The molecule has 1 aromatic carbocycles. The predicted octanol–water partition coefficient (Wildman–Crippen LogP) is 1.85. The van der Waals surface area contributed by atoms with Gasteiger partial charge in [-0.3, -0.25) is 4.79 Å². The number of rotatable bonds is 4. The predicted molar refractivity (Wildman–Crippen MR) is 90.0 cm³/mol.